The zero-order chi connectivity index (χ0) is 14.7. The molecule has 0 bridgehead atoms. The molecule has 1 amide bonds. The molecule has 0 saturated carbocycles. The normalized spacial score (nSPS) is 10.2. The fourth-order valence-corrected chi connectivity index (χ4v) is 2.48. The predicted molar refractivity (Wildman–Crippen MR) is 87.5 cm³/mol. The van der Waals surface area contributed by atoms with Gasteiger partial charge in [-0.2, -0.15) is 0 Å². The lowest BCUT2D eigenvalue weighted by Crippen LogP contribution is -2.12. The molecule has 0 radical (unpaired) electrons. The molecule has 0 saturated heterocycles. The highest BCUT2D eigenvalue weighted by molar-refractivity contribution is 9.10. The Balaban J connectivity index is 2.25. The van der Waals surface area contributed by atoms with Crippen molar-refractivity contribution in [2.75, 3.05) is 12.4 Å². The van der Waals surface area contributed by atoms with Crippen LogP contribution < -0.4 is 10.1 Å². The second-order valence-corrected chi connectivity index (χ2v) is 5.97. The van der Waals surface area contributed by atoms with Crippen LogP contribution in [-0.2, 0) is 0 Å². The van der Waals surface area contributed by atoms with Crippen molar-refractivity contribution >= 4 is 43.5 Å². The first-order valence-corrected chi connectivity index (χ1v) is 7.51. The minimum atomic E-state index is -0.188. The van der Waals surface area contributed by atoms with Crippen LogP contribution in [0.4, 0.5) is 5.69 Å². The number of methoxy groups -OCH3 is 1. The average Bonchev–Trinajstić information content (AvgIpc) is 2.43. The molecule has 0 fully saturated rings. The maximum absolute atomic E-state index is 12.3. The SMILES string of the molecule is COc1ccc(Br)c(C(=O)Nc2ccc(C)c(Br)c2)c1. The highest BCUT2D eigenvalue weighted by Crippen LogP contribution is 2.25. The number of carbonyl (C=O) groups is 1. The maximum Gasteiger partial charge on any atom is 0.256 e. The number of nitrogens with one attached hydrogen (secondary N) is 1. The minimum Gasteiger partial charge on any atom is -0.497 e. The molecule has 104 valence electrons. The predicted octanol–water partition coefficient (Wildman–Crippen LogP) is 4.78. The molecule has 0 unspecified atom stereocenters. The number of anilines is 1. The molecule has 1 N–H and O–H groups in total. The summed E-state index contributed by atoms with van der Waals surface area (Å²) in [6.07, 6.45) is 0. The van der Waals surface area contributed by atoms with Gasteiger partial charge in [0.1, 0.15) is 5.75 Å². The van der Waals surface area contributed by atoms with E-state index in [1.807, 2.05) is 25.1 Å². The Morgan fingerprint density at radius 3 is 2.50 bits per heavy atom. The van der Waals surface area contributed by atoms with Crippen molar-refractivity contribution in [2.45, 2.75) is 6.92 Å². The second kappa shape index (κ2) is 6.41. The van der Waals surface area contributed by atoms with E-state index in [4.69, 9.17) is 4.74 Å². The van der Waals surface area contributed by atoms with Crippen molar-refractivity contribution in [3.63, 3.8) is 0 Å². The van der Waals surface area contributed by atoms with Crippen LogP contribution in [0.15, 0.2) is 45.3 Å². The molecule has 2 aromatic carbocycles. The van der Waals surface area contributed by atoms with E-state index >= 15 is 0 Å². The average molecular weight is 399 g/mol. The molecule has 0 spiro atoms. The van der Waals surface area contributed by atoms with E-state index < -0.39 is 0 Å². The molecule has 0 aliphatic rings. The van der Waals surface area contributed by atoms with Crippen molar-refractivity contribution in [2.24, 2.45) is 0 Å². The molecule has 0 aromatic heterocycles. The largest absolute Gasteiger partial charge is 0.497 e. The van der Waals surface area contributed by atoms with E-state index in [9.17, 15) is 4.79 Å². The summed E-state index contributed by atoms with van der Waals surface area (Å²) in [6.45, 7) is 1.99. The third-order valence-electron chi connectivity index (χ3n) is 2.85. The lowest BCUT2D eigenvalue weighted by Gasteiger charge is -2.09. The van der Waals surface area contributed by atoms with Gasteiger partial charge in [-0.1, -0.05) is 22.0 Å². The Kier molecular flexibility index (Phi) is 4.83. The van der Waals surface area contributed by atoms with Crippen molar-refractivity contribution in [1.82, 2.24) is 0 Å². The minimum absolute atomic E-state index is 0.188. The van der Waals surface area contributed by atoms with Gasteiger partial charge < -0.3 is 10.1 Å². The van der Waals surface area contributed by atoms with E-state index in [1.54, 1.807) is 25.3 Å². The number of hydrogen-bond acceptors (Lipinski definition) is 2. The van der Waals surface area contributed by atoms with Crippen LogP contribution in [0.3, 0.4) is 0 Å². The van der Waals surface area contributed by atoms with Crippen LogP contribution in [0.5, 0.6) is 5.75 Å². The van der Waals surface area contributed by atoms with E-state index in [1.165, 1.54) is 0 Å². The molecule has 0 aliphatic carbocycles. The molecule has 0 aliphatic heterocycles. The number of halogens is 2. The van der Waals surface area contributed by atoms with Crippen molar-refractivity contribution in [3.8, 4) is 5.75 Å². The lowest BCUT2D eigenvalue weighted by molar-refractivity contribution is 0.102. The van der Waals surface area contributed by atoms with Gasteiger partial charge >= 0.3 is 0 Å². The van der Waals surface area contributed by atoms with E-state index in [0.717, 1.165) is 20.2 Å². The summed E-state index contributed by atoms with van der Waals surface area (Å²) in [5, 5.41) is 2.86. The van der Waals surface area contributed by atoms with Gasteiger partial charge in [-0.05, 0) is 58.7 Å². The first-order valence-electron chi connectivity index (χ1n) is 5.92. The quantitative estimate of drug-likeness (QED) is 0.807. The Bertz CT molecular complexity index is 656. The molecule has 2 aromatic rings. The lowest BCUT2D eigenvalue weighted by atomic mass is 10.2. The van der Waals surface area contributed by atoms with Crippen LogP contribution in [0.1, 0.15) is 15.9 Å². The molecule has 0 heterocycles. The van der Waals surface area contributed by atoms with Crippen LogP contribution in [-0.4, -0.2) is 13.0 Å². The van der Waals surface area contributed by atoms with Crippen LogP contribution >= 0.6 is 31.9 Å². The monoisotopic (exact) mass is 397 g/mol. The van der Waals surface area contributed by atoms with Crippen molar-refractivity contribution in [1.29, 1.82) is 0 Å². The number of benzene rings is 2. The molecular weight excluding hydrogens is 386 g/mol. The molecule has 2 rings (SSSR count). The number of rotatable bonds is 3. The van der Waals surface area contributed by atoms with Crippen LogP contribution in [0.2, 0.25) is 0 Å². The molecule has 3 nitrogen and oxygen atoms in total. The topological polar surface area (TPSA) is 38.3 Å². The summed E-state index contributed by atoms with van der Waals surface area (Å²) in [4.78, 5) is 12.3. The number of ether oxygens (including phenoxy) is 1. The smallest absolute Gasteiger partial charge is 0.256 e. The van der Waals surface area contributed by atoms with Gasteiger partial charge in [-0.25, -0.2) is 0 Å². The van der Waals surface area contributed by atoms with E-state index in [-0.39, 0.29) is 5.91 Å². The zero-order valence-corrected chi connectivity index (χ0v) is 14.2. The maximum atomic E-state index is 12.3. The first-order chi connectivity index (χ1) is 9.51. The fourth-order valence-electron chi connectivity index (χ4n) is 1.67. The van der Waals surface area contributed by atoms with Gasteiger partial charge in [0.25, 0.3) is 5.91 Å². The number of carbonyl (C=O) groups excluding carboxylic acids is 1. The summed E-state index contributed by atoms with van der Waals surface area (Å²) in [7, 11) is 1.57. The number of amides is 1. The third-order valence-corrected chi connectivity index (χ3v) is 4.39. The van der Waals surface area contributed by atoms with Gasteiger partial charge in [0.2, 0.25) is 0 Å². The van der Waals surface area contributed by atoms with Crippen LogP contribution in [0, 0.1) is 6.92 Å². The Morgan fingerprint density at radius 2 is 1.85 bits per heavy atom. The molecule has 0 atom stereocenters. The number of hydrogen-bond donors (Lipinski definition) is 1. The van der Waals surface area contributed by atoms with Gasteiger partial charge in [0, 0.05) is 14.6 Å². The molecule has 20 heavy (non-hydrogen) atoms. The third kappa shape index (κ3) is 3.41. The van der Waals surface area contributed by atoms with Crippen LogP contribution in [0.25, 0.3) is 0 Å². The fraction of sp³-hybridized carbons (Fsp3) is 0.133. The Labute approximate surface area is 134 Å². The standard InChI is InChI=1S/C15H13Br2NO2/c1-9-3-4-10(7-14(9)17)18-15(19)12-8-11(20-2)5-6-13(12)16/h3-8H,1-2H3,(H,18,19). The van der Waals surface area contributed by atoms with Gasteiger partial charge in [-0.15, -0.1) is 0 Å². The van der Waals surface area contributed by atoms with Gasteiger partial charge in [0.05, 0.1) is 12.7 Å². The van der Waals surface area contributed by atoms with Crippen molar-refractivity contribution < 1.29 is 9.53 Å². The zero-order valence-electron chi connectivity index (χ0n) is 11.0. The van der Waals surface area contributed by atoms with E-state index in [0.29, 0.717) is 11.3 Å². The van der Waals surface area contributed by atoms with E-state index in [2.05, 4.69) is 37.2 Å². The van der Waals surface area contributed by atoms with Crippen molar-refractivity contribution in [3.05, 3.63) is 56.5 Å². The summed E-state index contributed by atoms with van der Waals surface area (Å²) in [5.41, 5.74) is 2.38. The summed E-state index contributed by atoms with van der Waals surface area (Å²) in [6, 6.07) is 11.0. The van der Waals surface area contributed by atoms with Gasteiger partial charge in [-0.3, -0.25) is 4.79 Å². The molecule has 5 heteroatoms. The Morgan fingerprint density at radius 1 is 1.10 bits per heavy atom. The Hall–Kier alpha value is -1.33. The molecular formula is C15H13Br2NO2. The van der Waals surface area contributed by atoms with Gasteiger partial charge in [0.15, 0.2) is 0 Å². The highest BCUT2D eigenvalue weighted by atomic mass is 79.9. The second-order valence-electron chi connectivity index (χ2n) is 4.26. The number of aryl methyl sites for hydroxylation is 1. The summed E-state index contributed by atoms with van der Waals surface area (Å²) < 4.78 is 6.82. The first kappa shape index (κ1) is 15.1. The highest BCUT2D eigenvalue weighted by Gasteiger charge is 2.12. The summed E-state index contributed by atoms with van der Waals surface area (Å²) in [5.74, 6) is 0.454. The summed E-state index contributed by atoms with van der Waals surface area (Å²) >= 11 is 6.82.